The van der Waals surface area contributed by atoms with Gasteiger partial charge in [0.25, 0.3) is 0 Å². The van der Waals surface area contributed by atoms with Crippen LogP contribution in [0.5, 0.6) is 0 Å². The number of carbonyl (C=O) groups is 1. The van der Waals surface area contributed by atoms with E-state index in [1.165, 1.54) is 6.08 Å². The van der Waals surface area contributed by atoms with E-state index in [2.05, 4.69) is 0 Å². The molecular formula is C8H11NO. The Labute approximate surface area is 61.2 Å². The number of nitrogens with zero attached hydrogens (tertiary/aromatic N) is 1. The van der Waals surface area contributed by atoms with Crippen LogP contribution in [0.3, 0.4) is 0 Å². The first-order valence-electron chi connectivity index (χ1n) is 3.21. The van der Waals surface area contributed by atoms with Crippen LogP contribution in [0.15, 0.2) is 11.6 Å². The van der Waals surface area contributed by atoms with Crippen LogP contribution in [-0.4, -0.2) is 5.78 Å². The molecule has 0 atom stereocenters. The zero-order valence-corrected chi connectivity index (χ0v) is 6.35. The number of hydrogen-bond acceptors (Lipinski definition) is 2. The van der Waals surface area contributed by atoms with Crippen LogP contribution in [0.4, 0.5) is 0 Å². The van der Waals surface area contributed by atoms with Gasteiger partial charge in [-0.05, 0) is 20.3 Å². The van der Waals surface area contributed by atoms with E-state index in [0.717, 1.165) is 5.57 Å². The predicted molar refractivity (Wildman–Crippen MR) is 39.3 cm³/mol. The first kappa shape index (κ1) is 8.90. The number of nitriles is 1. The largest absolute Gasteiger partial charge is 0.300 e. The van der Waals surface area contributed by atoms with Crippen molar-refractivity contribution >= 4 is 5.78 Å². The fourth-order valence-corrected chi connectivity index (χ4v) is 0.556. The maximum atomic E-state index is 10.4. The predicted octanol–water partition coefficient (Wildman–Crippen LogP) is 1.83. The molecule has 0 spiro atoms. The molecule has 0 fully saturated rings. The fraction of sp³-hybridized carbons (Fsp3) is 0.500. The lowest BCUT2D eigenvalue weighted by Crippen LogP contribution is -1.89. The molecular weight excluding hydrogens is 126 g/mol. The molecule has 0 saturated heterocycles. The van der Waals surface area contributed by atoms with Crippen molar-refractivity contribution in [3.05, 3.63) is 11.6 Å². The zero-order valence-electron chi connectivity index (χ0n) is 6.35. The molecule has 0 amide bonds. The molecule has 0 aromatic carbocycles. The third kappa shape index (κ3) is 5.04. The second kappa shape index (κ2) is 4.75. The lowest BCUT2D eigenvalue weighted by Gasteiger charge is -1.93. The van der Waals surface area contributed by atoms with Crippen molar-refractivity contribution in [1.82, 2.24) is 0 Å². The molecule has 0 rings (SSSR count). The first-order valence-corrected chi connectivity index (χ1v) is 3.21. The summed E-state index contributed by atoms with van der Waals surface area (Å²) in [5, 5.41) is 8.19. The van der Waals surface area contributed by atoms with Crippen LogP contribution in [0.25, 0.3) is 0 Å². The lowest BCUT2D eigenvalue weighted by molar-refractivity contribution is -0.116. The summed E-state index contributed by atoms with van der Waals surface area (Å²) < 4.78 is 0. The molecule has 0 aromatic heterocycles. The molecule has 0 aromatic rings. The van der Waals surface area contributed by atoms with E-state index in [-0.39, 0.29) is 5.78 Å². The van der Waals surface area contributed by atoms with Gasteiger partial charge >= 0.3 is 0 Å². The quantitative estimate of drug-likeness (QED) is 0.557. The Morgan fingerprint density at radius 1 is 1.50 bits per heavy atom. The number of hydrogen-bond donors (Lipinski definition) is 0. The molecule has 0 radical (unpaired) electrons. The topological polar surface area (TPSA) is 40.9 Å². The first-order chi connectivity index (χ1) is 4.66. The molecule has 0 aliphatic rings. The van der Waals surface area contributed by atoms with Crippen LogP contribution >= 0.6 is 0 Å². The van der Waals surface area contributed by atoms with Crippen LogP contribution in [-0.2, 0) is 4.79 Å². The van der Waals surface area contributed by atoms with Gasteiger partial charge < -0.3 is 4.79 Å². The smallest absolute Gasteiger partial charge is 0.130 e. The highest BCUT2D eigenvalue weighted by Crippen LogP contribution is 2.02. The Morgan fingerprint density at radius 3 is 2.50 bits per heavy atom. The second-order valence-electron chi connectivity index (χ2n) is 2.32. The number of rotatable bonds is 3. The highest BCUT2D eigenvalue weighted by atomic mass is 16.1. The minimum Gasteiger partial charge on any atom is -0.300 e. The van der Waals surface area contributed by atoms with Crippen molar-refractivity contribution < 1.29 is 4.79 Å². The van der Waals surface area contributed by atoms with E-state index in [9.17, 15) is 4.79 Å². The summed E-state index contributed by atoms with van der Waals surface area (Å²) in [6, 6.07) is 1.92. The standard InChI is InChI=1S/C8H11NO/c1-7(5-6-9)3-4-8(2)10/h5H,3-4H2,1-2H3/b7-5-. The van der Waals surface area contributed by atoms with Gasteiger partial charge in [-0.15, -0.1) is 0 Å². The fourth-order valence-electron chi connectivity index (χ4n) is 0.556. The Bertz CT molecular complexity index is 186. The molecule has 0 bridgehead atoms. The highest BCUT2D eigenvalue weighted by molar-refractivity contribution is 5.75. The minimum absolute atomic E-state index is 0.172. The van der Waals surface area contributed by atoms with Gasteiger partial charge in [-0.25, -0.2) is 0 Å². The summed E-state index contributed by atoms with van der Waals surface area (Å²) in [6.45, 7) is 3.41. The third-order valence-electron chi connectivity index (χ3n) is 1.18. The molecule has 0 heterocycles. The van der Waals surface area contributed by atoms with E-state index in [0.29, 0.717) is 12.8 Å². The molecule has 2 heteroatoms. The summed E-state index contributed by atoms with van der Waals surface area (Å²) in [7, 11) is 0. The Morgan fingerprint density at radius 2 is 2.10 bits per heavy atom. The molecule has 0 aliphatic carbocycles. The Balaban J connectivity index is 3.62. The number of ketones is 1. The SMILES string of the molecule is CC(=O)CC/C(C)=C\C#N. The van der Waals surface area contributed by atoms with Crippen molar-refractivity contribution in [3.8, 4) is 6.07 Å². The van der Waals surface area contributed by atoms with E-state index in [4.69, 9.17) is 5.26 Å². The molecule has 2 nitrogen and oxygen atoms in total. The Kier molecular flexibility index (Phi) is 4.23. The highest BCUT2D eigenvalue weighted by Gasteiger charge is 1.93. The van der Waals surface area contributed by atoms with E-state index in [1.807, 2.05) is 13.0 Å². The van der Waals surface area contributed by atoms with Gasteiger partial charge in [0.15, 0.2) is 0 Å². The molecule has 54 valence electrons. The average molecular weight is 137 g/mol. The lowest BCUT2D eigenvalue weighted by atomic mass is 10.1. The summed E-state index contributed by atoms with van der Waals surface area (Å²) >= 11 is 0. The van der Waals surface area contributed by atoms with Gasteiger partial charge in [0.05, 0.1) is 6.07 Å². The molecule has 0 saturated carbocycles. The number of Topliss-reactive ketones (excluding diaryl/α,β-unsaturated/α-hetero) is 1. The molecule has 0 unspecified atom stereocenters. The van der Waals surface area contributed by atoms with E-state index >= 15 is 0 Å². The Hall–Kier alpha value is -1.10. The van der Waals surface area contributed by atoms with Crippen LogP contribution in [0, 0.1) is 11.3 Å². The number of carbonyl (C=O) groups excluding carboxylic acids is 1. The maximum absolute atomic E-state index is 10.4. The zero-order chi connectivity index (χ0) is 7.98. The van der Waals surface area contributed by atoms with E-state index in [1.54, 1.807) is 6.92 Å². The van der Waals surface area contributed by atoms with Crippen molar-refractivity contribution in [2.45, 2.75) is 26.7 Å². The van der Waals surface area contributed by atoms with Crippen molar-refractivity contribution in [3.63, 3.8) is 0 Å². The van der Waals surface area contributed by atoms with E-state index < -0.39 is 0 Å². The van der Waals surface area contributed by atoms with Crippen molar-refractivity contribution in [2.75, 3.05) is 0 Å². The summed E-state index contributed by atoms with van der Waals surface area (Å²) in [6.07, 6.45) is 2.73. The van der Waals surface area contributed by atoms with Crippen molar-refractivity contribution in [2.24, 2.45) is 0 Å². The molecule has 0 N–H and O–H groups in total. The summed E-state index contributed by atoms with van der Waals surface area (Å²) in [4.78, 5) is 10.4. The average Bonchev–Trinajstić information content (AvgIpc) is 1.85. The van der Waals surface area contributed by atoms with Crippen LogP contribution < -0.4 is 0 Å². The van der Waals surface area contributed by atoms with Gasteiger partial charge in [-0.2, -0.15) is 5.26 Å². The van der Waals surface area contributed by atoms with Crippen LogP contribution in [0.2, 0.25) is 0 Å². The minimum atomic E-state index is 0.172. The van der Waals surface area contributed by atoms with Gasteiger partial charge in [0, 0.05) is 12.5 Å². The number of allylic oxidation sites excluding steroid dienone is 2. The van der Waals surface area contributed by atoms with Crippen molar-refractivity contribution in [1.29, 1.82) is 5.26 Å². The second-order valence-corrected chi connectivity index (χ2v) is 2.32. The van der Waals surface area contributed by atoms with Gasteiger partial charge in [0.2, 0.25) is 0 Å². The van der Waals surface area contributed by atoms with Crippen LogP contribution in [0.1, 0.15) is 26.7 Å². The summed E-state index contributed by atoms with van der Waals surface area (Å²) in [5.74, 6) is 0.172. The van der Waals surface area contributed by atoms with Gasteiger partial charge in [-0.1, -0.05) is 5.57 Å². The molecule has 0 aliphatic heterocycles. The normalized spacial score (nSPS) is 10.7. The van der Waals surface area contributed by atoms with Gasteiger partial charge in [0.1, 0.15) is 5.78 Å². The monoisotopic (exact) mass is 137 g/mol. The van der Waals surface area contributed by atoms with Gasteiger partial charge in [-0.3, -0.25) is 0 Å². The third-order valence-corrected chi connectivity index (χ3v) is 1.18. The summed E-state index contributed by atoms with van der Waals surface area (Å²) in [5.41, 5.74) is 0.970. The maximum Gasteiger partial charge on any atom is 0.130 e. The molecule has 10 heavy (non-hydrogen) atoms.